The lowest BCUT2D eigenvalue weighted by Gasteiger charge is -2.17. The van der Waals surface area contributed by atoms with E-state index >= 15 is 0 Å². The average molecular weight is 715 g/mol. The summed E-state index contributed by atoms with van der Waals surface area (Å²) in [5.41, 5.74) is 3.19. The lowest BCUT2D eigenvalue weighted by Crippen LogP contribution is -2.30. The Hall–Kier alpha value is -5.91. The van der Waals surface area contributed by atoms with Gasteiger partial charge >= 0.3 is 0 Å². The van der Waals surface area contributed by atoms with Gasteiger partial charge in [0.1, 0.15) is 22.4 Å². The maximum atomic E-state index is 13.7. The predicted octanol–water partition coefficient (Wildman–Crippen LogP) is 8.59. The molecule has 1 unspecified atom stereocenters. The Kier molecular flexibility index (Phi) is 11.4. The number of methoxy groups -OCH3 is 1. The van der Waals surface area contributed by atoms with E-state index in [-0.39, 0.29) is 11.6 Å². The van der Waals surface area contributed by atoms with Gasteiger partial charge in [0, 0.05) is 21.7 Å². The minimum absolute atomic E-state index is 0.0385. The van der Waals surface area contributed by atoms with Crippen LogP contribution in [0.1, 0.15) is 33.7 Å². The van der Waals surface area contributed by atoms with Crippen LogP contribution in [0.2, 0.25) is 0 Å². The molecule has 11 heteroatoms. The molecular weight excluding hydrogens is 681 g/mol. The number of aromatic nitrogens is 1. The first-order valence-corrected chi connectivity index (χ1v) is 17.8. The topological polar surface area (TPSA) is 119 Å². The van der Waals surface area contributed by atoms with Crippen LogP contribution in [0.5, 0.6) is 11.5 Å². The third kappa shape index (κ3) is 9.01. The summed E-state index contributed by atoms with van der Waals surface area (Å²) < 4.78 is 12.0. The van der Waals surface area contributed by atoms with E-state index in [1.54, 1.807) is 61.7 Å². The molecule has 6 aromatic rings. The molecule has 9 nitrogen and oxygen atoms in total. The first kappa shape index (κ1) is 34.9. The highest BCUT2D eigenvalue weighted by Crippen LogP contribution is 2.38. The third-order valence-electron chi connectivity index (χ3n) is 7.58. The van der Waals surface area contributed by atoms with E-state index in [9.17, 15) is 14.4 Å². The van der Waals surface area contributed by atoms with Crippen molar-refractivity contribution in [1.82, 2.24) is 10.3 Å². The van der Waals surface area contributed by atoms with Crippen LogP contribution in [-0.2, 0) is 9.59 Å². The number of benzene rings is 5. The molecule has 0 saturated carbocycles. The molecule has 0 radical (unpaired) electrons. The van der Waals surface area contributed by atoms with Crippen molar-refractivity contribution in [1.29, 1.82) is 0 Å². The van der Waals surface area contributed by atoms with Crippen molar-refractivity contribution in [2.45, 2.75) is 17.1 Å². The molecule has 1 aromatic heterocycles. The molecule has 3 N–H and O–H groups in total. The molecule has 6 rings (SSSR count). The second-order valence-electron chi connectivity index (χ2n) is 11.1. The number of ether oxygens (including phenoxy) is 2. The predicted molar refractivity (Wildman–Crippen MR) is 204 cm³/mol. The lowest BCUT2D eigenvalue weighted by atomic mass is 10.1. The van der Waals surface area contributed by atoms with Gasteiger partial charge in [-0.1, -0.05) is 78.1 Å². The van der Waals surface area contributed by atoms with Crippen LogP contribution in [0.15, 0.2) is 138 Å². The zero-order chi connectivity index (χ0) is 35.6. The normalized spacial score (nSPS) is 11.8. The van der Waals surface area contributed by atoms with Crippen molar-refractivity contribution in [3.63, 3.8) is 0 Å². The number of anilines is 2. The van der Waals surface area contributed by atoms with E-state index in [4.69, 9.17) is 9.47 Å². The van der Waals surface area contributed by atoms with E-state index in [2.05, 4.69) is 20.9 Å². The number of para-hydroxylation sites is 1. The molecule has 0 bridgehead atoms. The van der Waals surface area contributed by atoms with E-state index in [0.717, 1.165) is 26.4 Å². The zero-order valence-corrected chi connectivity index (χ0v) is 29.4. The van der Waals surface area contributed by atoms with E-state index in [1.165, 1.54) is 23.1 Å². The van der Waals surface area contributed by atoms with Crippen molar-refractivity contribution >= 4 is 67.9 Å². The number of carbonyl (C=O) groups excluding carboxylic acids is 3. The molecule has 0 aliphatic carbocycles. The molecule has 0 fully saturated rings. The quantitative estimate of drug-likeness (QED) is 0.0810. The highest BCUT2D eigenvalue weighted by molar-refractivity contribution is 8.00. The molecule has 1 atom stereocenters. The molecule has 0 saturated heterocycles. The largest absolute Gasteiger partial charge is 0.496 e. The van der Waals surface area contributed by atoms with Crippen molar-refractivity contribution in [2.75, 3.05) is 24.4 Å². The molecule has 3 amide bonds. The summed E-state index contributed by atoms with van der Waals surface area (Å²) in [5, 5.41) is 8.56. The Bertz CT molecular complexity index is 2170. The van der Waals surface area contributed by atoms with Crippen LogP contribution < -0.4 is 25.4 Å². The smallest absolute Gasteiger partial charge is 0.272 e. The van der Waals surface area contributed by atoms with Crippen molar-refractivity contribution in [2.24, 2.45) is 0 Å². The zero-order valence-electron chi connectivity index (χ0n) is 27.8. The number of nitrogens with zero attached hydrogens (tertiary/aromatic N) is 1. The summed E-state index contributed by atoms with van der Waals surface area (Å²) in [4.78, 5) is 45.8. The number of hydrogen-bond acceptors (Lipinski definition) is 8. The monoisotopic (exact) mass is 714 g/mol. The fourth-order valence-corrected chi connectivity index (χ4v) is 7.04. The lowest BCUT2D eigenvalue weighted by molar-refractivity contribution is -0.116. The molecular formula is C40H34N4O5S2. The maximum Gasteiger partial charge on any atom is 0.272 e. The van der Waals surface area contributed by atoms with Crippen LogP contribution in [0, 0.1) is 0 Å². The van der Waals surface area contributed by atoms with Crippen LogP contribution in [-0.4, -0.2) is 36.4 Å². The van der Waals surface area contributed by atoms with Gasteiger partial charge in [0.15, 0.2) is 5.13 Å². The summed E-state index contributed by atoms with van der Waals surface area (Å²) >= 11 is 2.77. The number of thiazole rings is 1. The average Bonchev–Trinajstić information content (AvgIpc) is 3.56. The Morgan fingerprint density at radius 3 is 2.27 bits per heavy atom. The first-order valence-electron chi connectivity index (χ1n) is 16.1. The highest BCUT2D eigenvalue weighted by Gasteiger charge is 2.24. The Morgan fingerprint density at radius 1 is 0.843 bits per heavy atom. The number of carbonyl (C=O) groups is 3. The number of nitrogens with one attached hydrogen (secondary N) is 3. The summed E-state index contributed by atoms with van der Waals surface area (Å²) in [5.74, 6) is 0.146. The van der Waals surface area contributed by atoms with Crippen LogP contribution in [0.3, 0.4) is 0 Å². The van der Waals surface area contributed by atoms with Gasteiger partial charge in [0.05, 0.1) is 23.9 Å². The number of thioether (sulfide) groups is 1. The molecule has 51 heavy (non-hydrogen) atoms. The molecule has 256 valence electrons. The Labute approximate surface area is 303 Å². The number of fused-ring (bicyclic) bond motifs is 1. The standard InChI is InChI=1S/C40H34N4O5S2/c1-3-49-30-20-23-32-35(25-30)51-40(43-32)44-39(47)36(26-12-6-4-7-13-26)50-31-21-18-29(19-22-31)41-38(46)33(24-28-16-10-11-17-34(28)48-2)42-37(45)27-14-8-5-9-15-27/h4-25,36H,3H2,1-2H3,(H,41,46)(H,42,45)(H,43,44,47)/b33-24-. The first-order chi connectivity index (χ1) is 24.9. The van der Waals surface area contributed by atoms with Crippen molar-refractivity contribution < 1.29 is 23.9 Å². The van der Waals surface area contributed by atoms with E-state index in [1.807, 2.05) is 85.8 Å². The second-order valence-corrected chi connectivity index (χ2v) is 13.3. The fraction of sp³-hybridized carbons (Fsp3) is 0.100. The maximum absolute atomic E-state index is 13.7. The minimum atomic E-state index is -0.582. The van der Waals surface area contributed by atoms with Gasteiger partial charge in [-0.15, -0.1) is 11.8 Å². The molecule has 1 heterocycles. The van der Waals surface area contributed by atoms with Gasteiger partial charge in [-0.25, -0.2) is 4.98 Å². The third-order valence-corrected chi connectivity index (χ3v) is 9.78. The number of hydrogen-bond donors (Lipinski definition) is 3. The van der Waals surface area contributed by atoms with E-state index in [0.29, 0.717) is 34.3 Å². The highest BCUT2D eigenvalue weighted by atomic mass is 32.2. The van der Waals surface area contributed by atoms with Gasteiger partial charge in [0.25, 0.3) is 11.8 Å². The number of amides is 3. The van der Waals surface area contributed by atoms with Crippen molar-refractivity contribution in [3.8, 4) is 11.5 Å². The second kappa shape index (κ2) is 16.7. The Morgan fingerprint density at radius 2 is 1.55 bits per heavy atom. The summed E-state index contributed by atoms with van der Waals surface area (Å²) in [7, 11) is 1.54. The summed E-state index contributed by atoms with van der Waals surface area (Å²) in [6.45, 7) is 2.49. The molecule has 0 spiro atoms. The van der Waals surface area contributed by atoms with Gasteiger partial charge in [-0.3, -0.25) is 14.4 Å². The van der Waals surface area contributed by atoms with Gasteiger partial charge in [0.2, 0.25) is 5.91 Å². The fourth-order valence-electron chi connectivity index (χ4n) is 5.12. The molecule has 5 aromatic carbocycles. The van der Waals surface area contributed by atoms with E-state index < -0.39 is 17.1 Å². The molecule has 0 aliphatic rings. The van der Waals surface area contributed by atoms with Gasteiger partial charge in [-0.2, -0.15) is 0 Å². The SMILES string of the molecule is CCOc1ccc2nc(NC(=O)C(Sc3ccc(NC(=O)/C(=C/c4ccccc4OC)NC(=O)c4ccccc4)cc3)c3ccccc3)sc2c1. The Balaban J connectivity index is 1.19. The van der Waals surface area contributed by atoms with Crippen LogP contribution in [0.4, 0.5) is 10.8 Å². The summed E-state index contributed by atoms with van der Waals surface area (Å²) in [6, 6.07) is 38.2. The minimum Gasteiger partial charge on any atom is -0.496 e. The van der Waals surface area contributed by atoms with Gasteiger partial charge in [-0.05, 0) is 79.2 Å². The van der Waals surface area contributed by atoms with Crippen LogP contribution in [0.25, 0.3) is 16.3 Å². The summed E-state index contributed by atoms with van der Waals surface area (Å²) in [6.07, 6.45) is 1.58. The van der Waals surface area contributed by atoms with Gasteiger partial charge < -0.3 is 25.4 Å². The van der Waals surface area contributed by atoms with Crippen molar-refractivity contribution in [3.05, 3.63) is 150 Å². The number of rotatable bonds is 13. The van der Waals surface area contributed by atoms with Crippen LogP contribution >= 0.6 is 23.1 Å². The molecule has 0 aliphatic heterocycles.